The fourth-order valence-electron chi connectivity index (χ4n) is 4.30. The summed E-state index contributed by atoms with van der Waals surface area (Å²) >= 11 is 0. The number of hydrogen-bond acceptors (Lipinski definition) is 1. The molecule has 0 aliphatic heterocycles. The third-order valence-corrected chi connectivity index (χ3v) is 5.45. The SMILES string of the molecule is CC(=O)C[C@H](C)[C@@H](c1ccccc1)c1cn(-c2ccccc2)c2ccccc12. The summed E-state index contributed by atoms with van der Waals surface area (Å²) in [5.41, 5.74) is 4.88. The molecule has 0 radical (unpaired) electrons. The summed E-state index contributed by atoms with van der Waals surface area (Å²) in [4.78, 5) is 11.9. The molecule has 2 nitrogen and oxygen atoms in total. The zero-order valence-electron chi connectivity index (χ0n) is 16.4. The molecule has 0 amide bonds. The van der Waals surface area contributed by atoms with Crippen LogP contribution in [0.1, 0.15) is 37.3 Å². The van der Waals surface area contributed by atoms with Gasteiger partial charge in [0.05, 0.1) is 5.52 Å². The van der Waals surface area contributed by atoms with Gasteiger partial charge in [-0.2, -0.15) is 0 Å². The van der Waals surface area contributed by atoms with Gasteiger partial charge in [-0.25, -0.2) is 0 Å². The summed E-state index contributed by atoms with van der Waals surface area (Å²) < 4.78 is 2.26. The van der Waals surface area contributed by atoms with Gasteiger partial charge in [0, 0.05) is 29.6 Å². The van der Waals surface area contributed by atoms with Crippen molar-refractivity contribution in [2.75, 3.05) is 0 Å². The summed E-state index contributed by atoms with van der Waals surface area (Å²) in [6.45, 7) is 3.87. The van der Waals surface area contributed by atoms with E-state index in [0.717, 1.165) is 5.69 Å². The molecule has 0 N–H and O–H groups in total. The average molecular weight is 367 g/mol. The highest BCUT2D eigenvalue weighted by atomic mass is 16.1. The van der Waals surface area contributed by atoms with E-state index in [0.29, 0.717) is 6.42 Å². The van der Waals surface area contributed by atoms with E-state index in [2.05, 4.69) is 90.5 Å². The molecule has 4 rings (SSSR count). The molecule has 28 heavy (non-hydrogen) atoms. The molecule has 1 heterocycles. The number of para-hydroxylation sites is 2. The minimum Gasteiger partial charge on any atom is -0.316 e. The smallest absolute Gasteiger partial charge is 0.130 e. The number of rotatable bonds is 6. The molecule has 0 saturated heterocycles. The van der Waals surface area contributed by atoms with Gasteiger partial charge in [-0.05, 0) is 42.2 Å². The van der Waals surface area contributed by atoms with Crippen molar-refractivity contribution in [3.63, 3.8) is 0 Å². The normalized spacial score (nSPS) is 13.4. The number of aromatic nitrogens is 1. The summed E-state index contributed by atoms with van der Waals surface area (Å²) in [7, 11) is 0. The van der Waals surface area contributed by atoms with Crippen LogP contribution in [0.4, 0.5) is 0 Å². The van der Waals surface area contributed by atoms with Crippen LogP contribution >= 0.6 is 0 Å². The standard InChI is InChI=1S/C26H25NO/c1-19(17-20(2)28)26(21-11-5-3-6-12-21)24-18-27(22-13-7-4-8-14-22)25-16-10-9-15-23(24)25/h3-16,18-19,26H,17H2,1-2H3/t19-,26-/m0/s1. The van der Waals surface area contributed by atoms with Crippen molar-refractivity contribution < 1.29 is 4.79 Å². The highest BCUT2D eigenvalue weighted by molar-refractivity contribution is 5.87. The molecular weight excluding hydrogens is 342 g/mol. The number of fused-ring (bicyclic) bond motifs is 1. The van der Waals surface area contributed by atoms with Gasteiger partial charge in [0.2, 0.25) is 0 Å². The number of Topliss-reactive ketones (excluding diaryl/α,β-unsaturated/α-hetero) is 1. The predicted molar refractivity (Wildman–Crippen MR) is 116 cm³/mol. The second-order valence-electron chi connectivity index (χ2n) is 7.58. The van der Waals surface area contributed by atoms with Crippen molar-refractivity contribution >= 4 is 16.7 Å². The van der Waals surface area contributed by atoms with Crippen LogP contribution in [0.2, 0.25) is 0 Å². The van der Waals surface area contributed by atoms with Gasteiger partial charge in [-0.3, -0.25) is 0 Å². The van der Waals surface area contributed by atoms with Crippen molar-refractivity contribution in [1.29, 1.82) is 0 Å². The summed E-state index contributed by atoms with van der Waals surface area (Å²) in [6, 6.07) is 29.5. The second-order valence-corrected chi connectivity index (χ2v) is 7.58. The molecule has 0 spiro atoms. The first-order chi connectivity index (χ1) is 13.6. The Morgan fingerprint density at radius 1 is 0.857 bits per heavy atom. The zero-order chi connectivity index (χ0) is 19.5. The van der Waals surface area contributed by atoms with E-state index in [-0.39, 0.29) is 17.6 Å². The molecule has 140 valence electrons. The van der Waals surface area contributed by atoms with E-state index in [1.54, 1.807) is 6.92 Å². The molecule has 0 saturated carbocycles. The lowest BCUT2D eigenvalue weighted by Crippen LogP contribution is -2.14. The molecule has 3 aromatic carbocycles. The molecule has 0 unspecified atom stereocenters. The van der Waals surface area contributed by atoms with Crippen LogP contribution in [0.3, 0.4) is 0 Å². The molecule has 0 aliphatic rings. The zero-order valence-corrected chi connectivity index (χ0v) is 16.4. The first kappa shape index (κ1) is 18.2. The quantitative estimate of drug-likeness (QED) is 0.388. The van der Waals surface area contributed by atoms with Crippen LogP contribution in [-0.4, -0.2) is 10.4 Å². The Balaban J connectivity index is 1.93. The monoisotopic (exact) mass is 367 g/mol. The van der Waals surface area contributed by atoms with E-state index in [1.807, 2.05) is 12.1 Å². The highest BCUT2D eigenvalue weighted by Crippen LogP contribution is 2.39. The van der Waals surface area contributed by atoms with Crippen molar-refractivity contribution in [3.8, 4) is 5.69 Å². The largest absolute Gasteiger partial charge is 0.316 e. The van der Waals surface area contributed by atoms with Gasteiger partial charge in [-0.1, -0.05) is 73.7 Å². The van der Waals surface area contributed by atoms with Crippen LogP contribution in [-0.2, 0) is 4.79 Å². The van der Waals surface area contributed by atoms with E-state index in [4.69, 9.17) is 0 Å². The van der Waals surface area contributed by atoms with Crippen LogP contribution < -0.4 is 0 Å². The Morgan fingerprint density at radius 2 is 1.46 bits per heavy atom. The Bertz CT molecular complexity index is 1080. The van der Waals surface area contributed by atoms with Gasteiger partial charge in [-0.15, -0.1) is 0 Å². The number of carbonyl (C=O) groups excluding carboxylic acids is 1. The first-order valence-electron chi connectivity index (χ1n) is 9.85. The fraction of sp³-hybridized carbons (Fsp3) is 0.192. The summed E-state index contributed by atoms with van der Waals surface area (Å²) in [5, 5.41) is 1.25. The molecule has 0 aliphatic carbocycles. The lowest BCUT2D eigenvalue weighted by atomic mass is 9.79. The number of nitrogens with zero attached hydrogens (tertiary/aromatic N) is 1. The van der Waals surface area contributed by atoms with E-state index >= 15 is 0 Å². The van der Waals surface area contributed by atoms with Gasteiger partial charge in [0.1, 0.15) is 5.78 Å². The van der Waals surface area contributed by atoms with Crippen LogP contribution in [0.5, 0.6) is 0 Å². The Hall–Kier alpha value is -3.13. The molecule has 2 heteroatoms. The molecule has 0 bridgehead atoms. The maximum absolute atomic E-state index is 11.9. The minimum absolute atomic E-state index is 0.167. The lowest BCUT2D eigenvalue weighted by molar-refractivity contribution is -0.117. The van der Waals surface area contributed by atoms with E-state index in [1.165, 1.54) is 22.0 Å². The van der Waals surface area contributed by atoms with Gasteiger partial charge < -0.3 is 9.36 Å². The predicted octanol–water partition coefficient (Wildman–Crippen LogP) is 6.38. The number of ketones is 1. The lowest BCUT2D eigenvalue weighted by Gasteiger charge is -2.24. The Labute approximate surface area is 166 Å². The third kappa shape index (κ3) is 3.50. The maximum atomic E-state index is 11.9. The van der Waals surface area contributed by atoms with Gasteiger partial charge in [0.15, 0.2) is 0 Å². The Kier molecular flexibility index (Phi) is 5.12. The molecule has 2 atom stereocenters. The fourth-order valence-corrected chi connectivity index (χ4v) is 4.30. The van der Waals surface area contributed by atoms with Crippen molar-refractivity contribution in [2.24, 2.45) is 5.92 Å². The van der Waals surface area contributed by atoms with E-state index in [9.17, 15) is 4.79 Å². The average Bonchev–Trinajstić information content (AvgIpc) is 3.09. The molecule has 0 fully saturated rings. The van der Waals surface area contributed by atoms with Crippen molar-refractivity contribution in [1.82, 2.24) is 4.57 Å². The summed E-state index contributed by atoms with van der Waals surface area (Å²) in [6.07, 6.45) is 2.83. The number of benzene rings is 3. The molecule has 4 aromatic rings. The van der Waals surface area contributed by atoms with Gasteiger partial charge >= 0.3 is 0 Å². The summed E-state index contributed by atoms with van der Waals surface area (Å²) in [5.74, 6) is 0.620. The molecule has 1 aromatic heterocycles. The van der Waals surface area contributed by atoms with Crippen molar-refractivity contribution in [2.45, 2.75) is 26.2 Å². The van der Waals surface area contributed by atoms with Crippen LogP contribution in [0.15, 0.2) is 91.1 Å². The maximum Gasteiger partial charge on any atom is 0.130 e. The van der Waals surface area contributed by atoms with Crippen molar-refractivity contribution in [3.05, 3.63) is 102 Å². The number of hydrogen-bond donors (Lipinski definition) is 0. The second kappa shape index (κ2) is 7.85. The topological polar surface area (TPSA) is 22.0 Å². The minimum atomic E-state index is 0.167. The highest BCUT2D eigenvalue weighted by Gasteiger charge is 2.26. The molecular formula is C26H25NO. The van der Waals surface area contributed by atoms with E-state index < -0.39 is 0 Å². The van der Waals surface area contributed by atoms with Gasteiger partial charge in [0.25, 0.3) is 0 Å². The Morgan fingerprint density at radius 3 is 2.14 bits per heavy atom. The number of carbonyl (C=O) groups is 1. The first-order valence-corrected chi connectivity index (χ1v) is 9.85. The van der Waals surface area contributed by atoms with Crippen LogP contribution in [0, 0.1) is 5.92 Å². The van der Waals surface area contributed by atoms with Crippen LogP contribution in [0.25, 0.3) is 16.6 Å². The third-order valence-electron chi connectivity index (χ3n) is 5.45.